The molecule has 0 saturated carbocycles. The third-order valence-electron chi connectivity index (χ3n) is 3.03. The van der Waals surface area contributed by atoms with Gasteiger partial charge in [-0.2, -0.15) is 5.10 Å². The van der Waals surface area contributed by atoms with Crippen molar-refractivity contribution in [3.8, 4) is 0 Å². The average molecular weight is 240 g/mol. The molecule has 1 saturated heterocycles. The van der Waals surface area contributed by atoms with Crippen LogP contribution in [0.4, 0.5) is 0 Å². The Balaban J connectivity index is 1.91. The summed E-state index contributed by atoms with van der Waals surface area (Å²) in [6, 6.07) is 0.215. The van der Waals surface area contributed by atoms with Crippen LogP contribution in [-0.4, -0.2) is 51.3 Å². The van der Waals surface area contributed by atoms with Crippen LogP contribution in [0.15, 0.2) is 6.33 Å². The zero-order chi connectivity index (χ0) is 12.3. The van der Waals surface area contributed by atoms with Gasteiger partial charge in [0.05, 0.1) is 18.8 Å². The number of ether oxygens (including phenoxy) is 1. The lowest BCUT2D eigenvalue weighted by atomic mass is 9.93. The van der Waals surface area contributed by atoms with Gasteiger partial charge in [-0.05, 0) is 13.3 Å². The zero-order valence-electron chi connectivity index (χ0n) is 10.4. The highest BCUT2D eigenvalue weighted by atomic mass is 16.5. The molecule has 0 aliphatic carbocycles. The number of nitrogens with one attached hydrogen (secondary N) is 1. The van der Waals surface area contributed by atoms with Gasteiger partial charge < -0.3 is 15.2 Å². The summed E-state index contributed by atoms with van der Waals surface area (Å²) in [6.45, 7) is 4.10. The summed E-state index contributed by atoms with van der Waals surface area (Å²) in [5, 5.41) is 17.7. The molecule has 0 bridgehead atoms. The van der Waals surface area contributed by atoms with Crippen LogP contribution in [-0.2, 0) is 18.2 Å². The van der Waals surface area contributed by atoms with Crippen molar-refractivity contribution in [2.24, 2.45) is 7.05 Å². The van der Waals surface area contributed by atoms with Gasteiger partial charge in [0.2, 0.25) is 0 Å². The van der Waals surface area contributed by atoms with Gasteiger partial charge in [-0.25, -0.2) is 4.98 Å². The van der Waals surface area contributed by atoms with E-state index in [0.29, 0.717) is 19.4 Å². The second-order valence-corrected chi connectivity index (χ2v) is 4.90. The summed E-state index contributed by atoms with van der Waals surface area (Å²) < 4.78 is 7.07. The standard InChI is InChI=1S/C11H20N4O2/c1-11(16,5-9-7-17-4-3-12-9)6-10-13-8-14-15(10)2/h8-9,12,16H,3-7H2,1-2H3. The van der Waals surface area contributed by atoms with Gasteiger partial charge in [0.15, 0.2) is 0 Å². The molecule has 2 heterocycles. The maximum Gasteiger partial charge on any atom is 0.138 e. The topological polar surface area (TPSA) is 72.2 Å². The van der Waals surface area contributed by atoms with Crippen LogP contribution in [0.25, 0.3) is 0 Å². The molecule has 2 atom stereocenters. The third kappa shape index (κ3) is 3.49. The van der Waals surface area contributed by atoms with Crippen LogP contribution < -0.4 is 5.32 Å². The highest BCUT2D eigenvalue weighted by molar-refractivity contribution is 4.94. The van der Waals surface area contributed by atoms with Gasteiger partial charge >= 0.3 is 0 Å². The Bertz CT molecular complexity index is 358. The minimum atomic E-state index is -0.792. The van der Waals surface area contributed by atoms with Crippen molar-refractivity contribution >= 4 is 0 Å². The fraction of sp³-hybridized carbons (Fsp3) is 0.818. The van der Waals surface area contributed by atoms with E-state index < -0.39 is 5.60 Å². The van der Waals surface area contributed by atoms with Crippen LogP contribution in [0.1, 0.15) is 19.2 Å². The van der Waals surface area contributed by atoms with E-state index in [1.165, 1.54) is 6.33 Å². The molecule has 0 amide bonds. The molecule has 0 radical (unpaired) electrons. The Morgan fingerprint density at radius 3 is 3.12 bits per heavy atom. The van der Waals surface area contributed by atoms with E-state index >= 15 is 0 Å². The molecule has 6 heteroatoms. The first kappa shape index (κ1) is 12.5. The lowest BCUT2D eigenvalue weighted by molar-refractivity contribution is 0.00491. The smallest absolute Gasteiger partial charge is 0.138 e. The summed E-state index contributed by atoms with van der Waals surface area (Å²) >= 11 is 0. The summed E-state index contributed by atoms with van der Waals surface area (Å²) in [7, 11) is 1.83. The van der Waals surface area contributed by atoms with Gasteiger partial charge in [-0.15, -0.1) is 0 Å². The summed E-state index contributed by atoms with van der Waals surface area (Å²) in [6.07, 6.45) is 2.66. The van der Waals surface area contributed by atoms with Crippen molar-refractivity contribution in [2.45, 2.75) is 31.4 Å². The van der Waals surface area contributed by atoms with Gasteiger partial charge in [0.1, 0.15) is 12.2 Å². The number of hydrogen-bond acceptors (Lipinski definition) is 5. The summed E-state index contributed by atoms with van der Waals surface area (Å²) in [5.41, 5.74) is -0.792. The fourth-order valence-corrected chi connectivity index (χ4v) is 2.17. The van der Waals surface area contributed by atoms with Crippen molar-refractivity contribution in [1.29, 1.82) is 0 Å². The van der Waals surface area contributed by atoms with Gasteiger partial charge in [-0.3, -0.25) is 4.68 Å². The first-order chi connectivity index (χ1) is 8.07. The van der Waals surface area contributed by atoms with E-state index in [4.69, 9.17) is 4.74 Å². The molecular formula is C11H20N4O2. The Morgan fingerprint density at radius 1 is 1.71 bits per heavy atom. The Hall–Kier alpha value is -0.980. The second-order valence-electron chi connectivity index (χ2n) is 4.90. The van der Waals surface area contributed by atoms with Crippen molar-refractivity contribution in [3.63, 3.8) is 0 Å². The largest absolute Gasteiger partial charge is 0.390 e. The highest BCUT2D eigenvalue weighted by Crippen LogP contribution is 2.18. The molecule has 96 valence electrons. The Kier molecular flexibility index (Phi) is 3.76. The molecule has 2 rings (SSSR count). The predicted molar refractivity (Wildman–Crippen MR) is 62.6 cm³/mol. The Morgan fingerprint density at radius 2 is 2.53 bits per heavy atom. The Labute approximate surface area is 101 Å². The minimum absolute atomic E-state index is 0.215. The van der Waals surface area contributed by atoms with Crippen LogP contribution >= 0.6 is 0 Å². The van der Waals surface area contributed by atoms with E-state index in [1.807, 2.05) is 14.0 Å². The molecule has 6 nitrogen and oxygen atoms in total. The molecular weight excluding hydrogens is 220 g/mol. The van der Waals surface area contributed by atoms with Crippen molar-refractivity contribution < 1.29 is 9.84 Å². The van der Waals surface area contributed by atoms with E-state index in [9.17, 15) is 5.11 Å². The van der Waals surface area contributed by atoms with Crippen molar-refractivity contribution in [3.05, 3.63) is 12.2 Å². The summed E-state index contributed by atoms with van der Waals surface area (Å²) in [4.78, 5) is 4.13. The molecule has 1 fully saturated rings. The molecule has 2 unspecified atom stereocenters. The number of aromatic nitrogens is 3. The zero-order valence-corrected chi connectivity index (χ0v) is 10.4. The van der Waals surface area contributed by atoms with Crippen molar-refractivity contribution in [2.75, 3.05) is 19.8 Å². The molecule has 17 heavy (non-hydrogen) atoms. The van der Waals surface area contributed by atoms with E-state index in [-0.39, 0.29) is 6.04 Å². The average Bonchev–Trinajstić information content (AvgIpc) is 2.64. The van der Waals surface area contributed by atoms with Crippen LogP contribution in [0.3, 0.4) is 0 Å². The maximum atomic E-state index is 10.4. The SMILES string of the molecule is Cn1ncnc1CC(C)(O)CC1COCCN1. The van der Waals surface area contributed by atoms with Crippen molar-refractivity contribution in [1.82, 2.24) is 20.1 Å². The fourth-order valence-electron chi connectivity index (χ4n) is 2.17. The lowest BCUT2D eigenvalue weighted by Crippen LogP contribution is -2.46. The number of hydrogen-bond donors (Lipinski definition) is 2. The number of morpholine rings is 1. The normalized spacial score (nSPS) is 24.5. The molecule has 0 aromatic carbocycles. The molecule has 1 aromatic heterocycles. The number of rotatable bonds is 4. The number of nitrogens with zero attached hydrogens (tertiary/aromatic N) is 3. The first-order valence-electron chi connectivity index (χ1n) is 5.93. The third-order valence-corrected chi connectivity index (χ3v) is 3.03. The maximum absolute atomic E-state index is 10.4. The van der Waals surface area contributed by atoms with Crippen LogP contribution in [0.5, 0.6) is 0 Å². The molecule has 1 aliphatic heterocycles. The predicted octanol–water partition coefficient (Wildman–Crippen LogP) is -0.513. The van der Waals surface area contributed by atoms with E-state index in [2.05, 4.69) is 15.4 Å². The molecule has 0 spiro atoms. The first-order valence-corrected chi connectivity index (χ1v) is 5.93. The molecule has 1 aliphatic rings. The second kappa shape index (κ2) is 5.12. The molecule has 2 N–H and O–H groups in total. The van der Waals surface area contributed by atoms with Crippen LogP contribution in [0.2, 0.25) is 0 Å². The minimum Gasteiger partial charge on any atom is -0.390 e. The van der Waals surface area contributed by atoms with E-state index in [1.54, 1.807) is 4.68 Å². The van der Waals surface area contributed by atoms with Gasteiger partial charge in [0.25, 0.3) is 0 Å². The molecule has 1 aromatic rings. The number of aryl methyl sites for hydroxylation is 1. The highest BCUT2D eigenvalue weighted by Gasteiger charge is 2.28. The number of aliphatic hydroxyl groups is 1. The van der Waals surface area contributed by atoms with Gasteiger partial charge in [-0.1, -0.05) is 0 Å². The van der Waals surface area contributed by atoms with Crippen LogP contribution in [0, 0.1) is 0 Å². The van der Waals surface area contributed by atoms with Gasteiger partial charge in [0, 0.05) is 26.1 Å². The summed E-state index contributed by atoms with van der Waals surface area (Å²) in [5.74, 6) is 0.798. The van der Waals surface area contributed by atoms with E-state index in [0.717, 1.165) is 19.0 Å². The lowest BCUT2D eigenvalue weighted by Gasteiger charge is -2.31. The monoisotopic (exact) mass is 240 g/mol. The quantitative estimate of drug-likeness (QED) is 0.741.